The van der Waals surface area contributed by atoms with Crippen LogP contribution in [0.2, 0.25) is 0 Å². The first-order valence-electron chi connectivity index (χ1n) is 4.92. The molecule has 1 radical (unpaired) electrons. The highest BCUT2D eigenvalue weighted by atomic mass is 19.4. The quantitative estimate of drug-likeness (QED) is 0.585. The molecule has 1 unspecified atom stereocenters. The van der Waals surface area contributed by atoms with Crippen molar-refractivity contribution in [1.29, 1.82) is 0 Å². The third kappa shape index (κ3) is 7.18. The lowest BCUT2D eigenvalue weighted by Gasteiger charge is -2.15. The molecule has 0 aromatic rings. The first kappa shape index (κ1) is 13.8. The Labute approximate surface area is 83.6 Å². The van der Waals surface area contributed by atoms with E-state index in [9.17, 15) is 13.2 Å². The van der Waals surface area contributed by atoms with Crippen LogP contribution in [0.4, 0.5) is 13.2 Å². The van der Waals surface area contributed by atoms with Gasteiger partial charge in [0.2, 0.25) is 0 Å². The number of rotatable bonds is 7. The summed E-state index contributed by atoms with van der Waals surface area (Å²) in [6, 6.07) is 0. The molecule has 0 aliphatic heterocycles. The lowest BCUT2D eigenvalue weighted by molar-refractivity contribution is -0.182. The Bertz CT molecular complexity index is 134. The Balaban J connectivity index is 3.28. The number of hydrogen-bond donors (Lipinski definition) is 0. The molecule has 0 rings (SSSR count). The van der Waals surface area contributed by atoms with Crippen LogP contribution in [0.1, 0.15) is 32.6 Å². The minimum absolute atomic E-state index is 0.228. The second-order valence-corrected chi connectivity index (χ2v) is 3.43. The van der Waals surface area contributed by atoms with Gasteiger partial charge in [0, 0.05) is 6.61 Å². The summed E-state index contributed by atoms with van der Waals surface area (Å²) in [7, 11) is 0. The number of unbranched alkanes of at least 4 members (excludes halogenated alkanes) is 3. The standard InChI is InChI=1S/C10H18F3O/c1-3-4-5-6-7-14-8-9(2)10(11,12)13/h9H,1,3-8H2,2H3. The Morgan fingerprint density at radius 3 is 2.36 bits per heavy atom. The van der Waals surface area contributed by atoms with E-state index in [0.29, 0.717) is 6.61 Å². The summed E-state index contributed by atoms with van der Waals surface area (Å²) in [5.41, 5.74) is 0. The van der Waals surface area contributed by atoms with Gasteiger partial charge in [-0.1, -0.05) is 33.1 Å². The highest BCUT2D eigenvalue weighted by Gasteiger charge is 2.35. The van der Waals surface area contributed by atoms with Crippen LogP contribution in [0, 0.1) is 12.8 Å². The summed E-state index contributed by atoms with van der Waals surface area (Å²) in [5, 5.41) is 0. The number of halogens is 3. The molecule has 0 aromatic heterocycles. The van der Waals surface area contributed by atoms with Gasteiger partial charge in [0.15, 0.2) is 0 Å². The third-order valence-electron chi connectivity index (χ3n) is 1.97. The van der Waals surface area contributed by atoms with Gasteiger partial charge < -0.3 is 4.74 Å². The highest BCUT2D eigenvalue weighted by molar-refractivity contribution is 4.60. The number of ether oxygens (including phenoxy) is 1. The predicted octanol–water partition coefficient (Wildman–Crippen LogP) is 3.60. The van der Waals surface area contributed by atoms with Crippen molar-refractivity contribution in [3.8, 4) is 0 Å². The van der Waals surface area contributed by atoms with Crippen LogP contribution < -0.4 is 0 Å². The average molecular weight is 211 g/mol. The molecule has 1 nitrogen and oxygen atoms in total. The summed E-state index contributed by atoms with van der Waals surface area (Å²) < 4.78 is 40.9. The lowest BCUT2D eigenvalue weighted by Crippen LogP contribution is -2.24. The second kappa shape index (κ2) is 7.10. The fourth-order valence-corrected chi connectivity index (χ4v) is 0.912. The molecule has 0 aliphatic carbocycles. The highest BCUT2D eigenvalue weighted by Crippen LogP contribution is 2.25. The van der Waals surface area contributed by atoms with E-state index in [2.05, 4.69) is 6.92 Å². The number of alkyl halides is 3. The normalized spacial score (nSPS) is 14.4. The van der Waals surface area contributed by atoms with E-state index in [1.165, 1.54) is 0 Å². The molecule has 0 saturated heterocycles. The van der Waals surface area contributed by atoms with E-state index in [-0.39, 0.29) is 6.61 Å². The topological polar surface area (TPSA) is 9.23 Å². The van der Waals surface area contributed by atoms with E-state index >= 15 is 0 Å². The molecule has 0 bridgehead atoms. The van der Waals surface area contributed by atoms with Crippen LogP contribution >= 0.6 is 0 Å². The largest absolute Gasteiger partial charge is 0.393 e. The summed E-state index contributed by atoms with van der Waals surface area (Å²) in [4.78, 5) is 0. The smallest absolute Gasteiger partial charge is 0.381 e. The van der Waals surface area contributed by atoms with Crippen molar-refractivity contribution >= 4 is 0 Å². The molecule has 0 saturated carbocycles. The van der Waals surface area contributed by atoms with Crippen molar-refractivity contribution in [2.24, 2.45) is 5.92 Å². The molecule has 0 aromatic carbocycles. The molecule has 0 spiro atoms. The first-order chi connectivity index (χ1) is 6.48. The minimum atomic E-state index is -4.13. The minimum Gasteiger partial charge on any atom is -0.381 e. The average Bonchev–Trinajstić information content (AvgIpc) is 2.09. The zero-order valence-electron chi connectivity index (χ0n) is 8.57. The third-order valence-corrected chi connectivity index (χ3v) is 1.97. The Morgan fingerprint density at radius 2 is 1.86 bits per heavy atom. The van der Waals surface area contributed by atoms with Gasteiger partial charge >= 0.3 is 6.18 Å². The summed E-state index contributed by atoms with van der Waals surface area (Å²) >= 11 is 0. The molecule has 0 aliphatic rings. The monoisotopic (exact) mass is 211 g/mol. The molecule has 0 N–H and O–H groups in total. The van der Waals surface area contributed by atoms with Gasteiger partial charge in [-0.25, -0.2) is 0 Å². The maximum atomic E-state index is 12.0. The van der Waals surface area contributed by atoms with Crippen molar-refractivity contribution < 1.29 is 17.9 Å². The second-order valence-electron chi connectivity index (χ2n) is 3.43. The Kier molecular flexibility index (Phi) is 6.97. The van der Waals surface area contributed by atoms with Crippen molar-refractivity contribution in [2.45, 2.75) is 38.8 Å². The van der Waals surface area contributed by atoms with E-state index in [1.807, 2.05) is 0 Å². The van der Waals surface area contributed by atoms with Crippen LogP contribution in [0.5, 0.6) is 0 Å². The van der Waals surface area contributed by atoms with Crippen molar-refractivity contribution in [3.63, 3.8) is 0 Å². The molecule has 1 atom stereocenters. The van der Waals surface area contributed by atoms with Gasteiger partial charge in [0.25, 0.3) is 0 Å². The molecule has 4 heteroatoms. The van der Waals surface area contributed by atoms with Gasteiger partial charge in [-0.3, -0.25) is 0 Å². The van der Waals surface area contributed by atoms with Gasteiger partial charge in [-0.05, 0) is 6.42 Å². The van der Waals surface area contributed by atoms with Gasteiger partial charge in [-0.15, -0.1) is 0 Å². The molecular weight excluding hydrogens is 193 g/mol. The van der Waals surface area contributed by atoms with E-state index in [4.69, 9.17) is 4.74 Å². The van der Waals surface area contributed by atoms with Crippen LogP contribution in [-0.4, -0.2) is 19.4 Å². The van der Waals surface area contributed by atoms with Gasteiger partial charge in [0.05, 0.1) is 12.5 Å². The van der Waals surface area contributed by atoms with Crippen LogP contribution in [0.25, 0.3) is 0 Å². The predicted molar refractivity (Wildman–Crippen MR) is 49.9 cm³/mol. The molecule has 0 heterocycles. The maximum Gasteiger partial charge on any atom is 0.393 e. The summed E-state index contributed by atoms with van der Waals surface area (Å²) in [6.07, 6.45) is -0.450. The van der Waals surface area contributed by atoms with E-state index in [0.717, 1.165) is 32.6 Å². The summed E-state index contributed by atoms with van der Waals surface area (Å²) in [6.45, 7) is 5.00. The van der Waals surface area contributed by atoms with Crippen LogP contribution in [0.15, 0.2) is 0 Å². The lowest BCUT2D eigenvalue weighted by atomic mass is 10.2. The van der Waals surface area contributed by atoms with Crippen molar-refractivity contribution in [3.05, 3.63) is 6.92 Å². The van der Waals surface area contributed by atoms with Gasteiger partial charge in [-0.2, -0.15) is 13.2 Å². The molecule has 0 fully saturated rings. The Hall–Kier alpha value is -0.250. The molecule has 0 amide bonds. The number of hydrogen-bond acceptors (Lipinski definition) is 1. The van der Waals surface area contributed by atoms with Crippen LogP contribution in [0.3, 0.4) is 0 Å². The molecule has 14 heavy (non-hydrogen) atoms. The van der Waals surface area contributed by atoms with Crippen molar-refractivity contribution in [2.75, 3.05) is 13.2 Å². The van der Waals surface area contributed by atoms with Crippen molar-refractivity contribution in [1.82, 2.24) is 0 Å². The Morgan fingerprint density at radius 1 is 1.21 bits per heavy atom. The molecule has 85 valence electrons. The van der Waals surface area contributed by atoms with E-state index < -0.39 is 12.1 Å². The fraction of sp³-hybridized carbons (Fsp3) is 0.900. The summed E-state index contributed by atoms with van der Waals surface area (Å²) in [5.74, 6) is -1.37. The first-order valence-corrected chi connectivity index (χ1v) is 4.92. The maximum absolute atomic E-state index is 12.0. The zero-order chi connectivity index (χ0) is 11.0. The zero-order valence-corrected chi connectivity index (χ0v) is 8.57. The SMILES string of the molecule is [CH2]CCCCCOCC(C)C(F)(F)F. The molecular formula is C10H18F3O. The van der Waals surface area contributed by atoms with Crippen LogP contribution in [-0.2, 0) is 4.74 Å². The fourth-order valence-electron chi connectivity index (χ4n) is 0.912. The van der Waals surface area contributed by atoms with E-state index in [1.54, 1.807) is 0 Å². The van der Waals surface area contributed by atoms with Gasteiger partial charge in [0.1, 0.15) is 0 Å².